The maximum atomic E-state index is 8.94. The van der Waals surface area contributed by atoms with Gasteiger partial charge in [0.2, 0.25) is 0 Å². The molecule has 1 rings (SSSR count). The molecule has 0 fully saturated rings. The van der Waals surface area contributed by atoms with Crippen molar-refractivity contribution in [3.63, 3.8) is 0 Å². The molecular weight excluding hydrogens is 172 g/mol. The van der Waals surface area contributed by atoms with Crippen LogP contribution in [-0.4, -0.2) is 11.7 Å². The molecule has 1 nitrogen and oxygen atoms in total. The first-order valence-corrected chi connectivity index (χ1v) is 5.48. The lowest BCUT2D eigenvalue weighted by Gasteiger charge is -2.35. The second-order valence-corrected chi connectivity index (χ2v) is 4.97. The van der Waals surface area contributed by atoms with Crippen LogP contribution >= 0.6 is 0 Å². The fraction of sp³-hybridized carbons (Fsp3) is 0.692. The van der Waals surface area contributed by atoms with Crippen molar-refractivity contribution in [2.45, 2.75) is 46.5 Å². The SMILES string of the molecule is C=C(CCO)C1=C(C)CCCC1(C)C. The lowest BCUT2D eigenvalue weighted by molar-refractivity contribution is 0.295. The number of rotatable bonds is 3. The average Bonchev–Trinajstić information content (AvgIpc) is 2.02. The first-order valence-electron chi connectivity index (χ1n) is 5.48. The molecule has 0 atom stereocenters. The third-order valence-corrected chi connectivity index (χ3v) is 3.22. The summed E-state index contributed by atoms with van der Waals surface area (Å²) in [6, 6.07) is 0. The minimum atomic E-state index is 0.214. The van der Waals surface area contributed by atoms with E-state index in [2.05, 4.69) is 27.4 Å². The lowest BCUT2D eigenvalue weighted by atomic mass is 9.70. The highest BCUT2D eigenvalue weighted by atomic mass is 16.2. The summed E-state index contributed by atoms with van der Waals surface area (Å²) in [6.45, 7) is 11.1. The Morgan fingerprint density at radius 2 is 2.14 bits per heavy atom. The van der Waals surface area contributed by atoms with E-state index in [1.807, 2.05) is 0 Å². The average molecular weight is 194 g/mol. The first kappa shape index (κ1) is 11.5. The third-order valence-electron chi connectivity index (χ3n) is 3.22. The van der Waals surface area contributed by atoms with Crippen LogP contribution in [0.25, 0.3) is 0 Å². The van der Waals surface area contributed by atoms with Crippen molar-refractivity contribution < 1.29 is 5.11 Å². The highest BCUT2D eigenvalue weighted by Gasteiger charge is 2.29. The number of hydrogen-bond donors (Lipinski definition) is 1. The van der Waals surface area contributed by atoms with Gasteiger partial charge in [-0.1, -0.05) is 26.0 Å². The molecule has 80 valence electrons. The minimum Gasteiger partial charge on any atom is -0.396 e. The molecule has 0 heterocycles. The Hall–Kier alpha value is -0.560. The molecule has 1 heteroatoms. The Balaban J connectivity index is 2.95. The number of hydrogen-bond acceptors (Lipinski definition) is 1. The summed E-state index contributed by atoms with van der Waals surface area (Å²) in [6.07, 6.45) is 4.44. The molecule has 1 N–H and O–H groups in total. The van der Waals surface area contributed by atoms with Crippen molar-refractivity contribution in [2.75, 3.05) is 6.61 Å². The van der Waals surface area contributed by atoms with E-state index < -0.39 is 0 Å². The van der Waals surface area contributed by atoms with Gasteiger partial charge >= 0.3 is 0 Å². The molecule has 1 aliphatic carbocycles. The van der Waals surface area contributed by atoms with Crippen molar-refractivity contribution in [1.29, 1.82) is 0 Å². The second kappa shape index (κ2) is 4.31. The number of aliphatic hydroxyl groups excluding tert-OH is 1. The topological polar surface area (TPSA) is 20.2 Å². The highest BCUT2D eigenvalue weighted by molar-refractivity contribution is 5.39. The molecule has 0 spiro atoms. The smallest absolute Gasteiger partial charge is 0.0471 e. The van der Waals surface area contributed by atoms with Crippen molar-refractivity contribution >= 4 is 0 Å². The zero-order valence-electron chi connectivity index (χ0n) is 9.69. The summed E-state index contributed by atoms with van der Waals surface area (Å²) in [7, 11) is 0. The van der Waals surface area contributed by atoms with Gasteiger partial charge in [0, 0.05) is 6.61 Å². The molecule has 0 bridgehead atoms. The zero-order chi connectivity index (χ0) is 10.8. The lowest BCUT2D eigenvalue weighted by Crippen LogP contribution is -2.21. The Kier molecular flexibility index (Phi) is 3.54. The maximum absolute atomic E-state index is 8.94. The Morgan fingerprint density at radius 1 is 1.50 bits per heavy atom. The van der Waals surface area contributed by atoms with Gasteiger partial charge in [0.1, 0.15) is 0 Å². The van der Waals surface area contributed by atoms with Crippen LogP contribution in [0.1, 0.15) is 46.5 Å². The van der Waals surface area contributed by atoms with Crippen LogP contribution < -0.4 is 0 Å². The largest absolute Gasteiger partial charge is 0.396 e. The number of aliphatic hydroxyl groups is 1. The predicted octanol–water partition coefficient (Wildman–Crippen LogP) is 3.45. The molecule has 0 saturated carbocycles. The first-order chi connectivity index (χ1) is 6.49. The van der Waals surface area contributed by atoms with Crippen LogP contribution in [0.4, 0.5) is 0 Å². The van der Waals surface area contributed by atoms with Gasteiger partial charge in [0.25, 0.3) is 0 Å². The van der Waals surface area contributed by atoms with Crippen molar-refractivity contribution in [3.05, 3.63) is 23.3 Å². The molecule has 0 aromatic heterocycles. The molecule has 1 aliphatic rings. The van der Waals surface area contributed by atoms with Crippen LogP contribution in [0.2, 0.25) is 0 Å². The van der Waals surface area contributed by atoms with Gasteiger partial charge in [0.15, 0.2) is 0 Å². The molecule has 0 amide bonds. The van der Waals surface area contributed by atoms with Crippen LogP contribution in [-0.2, 0) is 0 Å². The van der Waals surface area contributed by atoms with Crippen LogP contribution in [0, 0.1) is 5.41 Å². The summed E-state index contributed by atoms with van der Waals surface area (Å²) < 4.78 is 0. The summed E-state index contributed by atoms with van der Waals surface area (Å²) in [5.41, 5.74) is 4.28. The molecule has 0 aliphatic heterocycles. The van der Waals surface area contributed by atoms with E-state index in [4.69, 9.17) is 5.11 Å². The molecule has 0 aromatic carbocycles. The molecule has 0 unspecified atom stereocenters. The Labute approximate surface area is 87.5 Å². The zero-order valence-corrected chi connectivity index (χ0v) is 9.69. The van der Waals surface area contributed by atoms with E-state index in [0.29, 0.717) is 0 Å². The van der Waals surface area contributed by atoms with E-state index in [1.165, 1.54) is 30.4 Å². The summed E-state index contributed by atoms with van der Waals surface area (Å²) >= 11 is 0. The van der Waals surface area contributed by atoms with Gasteiger partial charge in [-0.15, -0.1) is 0 Å². The molecule has 14 heavy (non-hydrogen) atoms. The van der Waals surface area contributed by atoms with Gasteiger partial charge in [-0.05, 0) is 49.2 Å². The normalized spacial score (nSPS) is 21.1. The minimum absolute atomic E-state index is 0.214. The fourth-order valence-electron chi connectivity index (χ4n) is 2.66. The third kappa shape index (κ3) is 2.27. The van der Waals surface area contributed by atoms with Gasteiger partial charge in [-0.3, -0.25) is 0 Å². The summed E-state index contributed by atoms with van der Waals surface area (Å²) in [5.74, 6) is 0. The van der Waals surface area contributed by atoms with E-state index in [-0.39, 0.29) is 12.0 Å². The summed E-state index contributed by atoms with van der Waals surface area (Å²) in [5, 5.41) is 8.94. The Morgan fingerprint density at radius 3 is 2.64 bits per heavy atom. The Bertz CT molecular complexity index is 258. The quantitative estimate of drug-likeness (QED) is 0.729. The van der Waals surface area contributed by atoms with Crippen molar-refractivity contribution in [1.82, 2.24) is 0 Å². The molecule has 0 aromatic rings. The number of allylic oxidation sites excluding steroid dienone is 2. The molecule has 0 radical (unpaired) electrons. The molecule has 0 saturated heterocycles. The van der Waals surface area contributed by atoms with E-state index in [9.17, 15) is 0 Å². The molecular formula is C13H22O. The standard InChI is InChI=1S/C13H22O/c1-10-6-5-8-13(3,4)12(10)11(2)7-9-14/h14H,2,5-9H2,1,3-4H3. The van der Waals surface area contributed by atoms with Gasteiger partial charge in [-0.25, -0.2) is 0 Å². The monoisotopic (exact) mass is 194 g/mol. The highest BCUT2D eigenvalue weighted by Crippen LogP contribution is 2.43. The fourth-order valence-corrected chi connectivity index (χ4v) is 2.66. The summed E-state index contributed by atoms with van der Waals surface area (Å²) in [4.78, 5) is 0. The predicted molar refractivity (Wildman–Crippen MR) is 61.2 cm³/mol. The van der Waals surface area contributed by atoms with Crippen molar-refractivity contribution in [2.24, 2.45) is 5.41 Å². The van der Waals surface area contributed by atoms with E-state index >= 15 is 0 Å². The van der Waals surface area contributed by atoms with Gasteiger partial charge < -0.3 is 5.11 Å². The van der Waals surface area contributed by atoms with Crippen molar-refractivity contribution in [3.8, 4) is 0 Å². The second-order valence-electron chi connectivity index (χ2n) is 4.97. The van der Waals surface area contributed by atoms with Crippen LogP contribution in [0.15, 0.2) is 23.3 Å². The van der Waals surface area contributed by atoms with E-state index in [1.54, 1.807) is 0 Å². The van der Waals surface area contributed by atoms with Crippen LogP contribution in [0.3, 0.4) is 0 Å². The van der Waals surface area contributed by atoms with Gasteiger partial charge in [-0.2, -0.15) is 0 Å². The maximum Gasteiger partial charge on any atom is 0.0471 e. The van der Waals surface area contributed by atoms with E-state index in [0.717, 1.165) is 12.0 Å². The van der Waals surface area contributed by atoms with Gasteiger partial charge in [0.05, 0.1) is 0 Å². The van der Waals surface area contributed by atoms with Crippen LogP contribution in [0.5, 0.6) is 0 Å².